The molecule has 0 saturated heterocycles. The fourth-order valence-corrected chi connectivity index (χ4v) is 2.56. The van der Waals surface area contributed by atoms with E-state index in [4.69, 9.17) is 4.74 Å². The van der Waals surface area contributed by atoms with Crippen molar-refractivity contribution in [2.45, 2.75) is 38.7 Å². The van der Waals surface area contributed by atoms with Crippen LogP contribution in [0.5, 0.6) is 0 Å². The summed E-state index contributed by atoms with van der Waals surface area (Å²) >= 11 is 0. The van der Waals surface area contributed by atoms with Crippen LogP contribution in [0.1, 0.15) is 32.3 Å². The molecule has 21 heavy (non-hydrogen) atoms. The van der Waals surface area contributed by atoms with Gasteiger partial charge in [-0.05, 0) is 36.5 Å². The van der Waals surface area contributed by atoms with Gasteiger partial charge in [0, 0.05) is 6.42 Å². The zero-order valence-electron chi connectivity index (χ0n) is 12.0. The van der Waals surface area contributed by atoms with Gasteiger partial charge in [-0.2, -0.15) is 0 Å². The maximum atomic E-state index is 13.2. The summed E-state index contributed by atoms with van der Waals surface area (Å²) in [7, 11) is 0. The van der Waals surface area contributed by atoms with Crippen LogP contribution in [0.3, 0.4) is 0 Å². The van der Waals surface area contributed by atoms with Gasteiger partial charge < -0.3 is 9.84 Å². The topological polar surface area (TPSA) is 46.5 Å². The maximum Gasteiger partial charge on any atom is 0.334 e. The molecule has 3 nitrogen and oxygen atoms in total. The third-order valence-electron chi connectivity index (χ3n) is 3.94. The number of ether oxygens (including phenoxy) is 1. The monoisotopic (exact) mass is 296 g/mol. The van der Waals surface area contributed by atoms with E-state index in [9.17, 15) is 18.7 Å². The van der Waals surface area contributed by atoms with E-state index in [1.807, 2.05) is 13.8 Å². The van der Waals surface area contributed by atoms with Crippen LogP contribution in [0.4, 0.5) is 8.78 Å². The van der Waals surface area contributed by atoms with Crippen molar-refractivity contribution in [1.82, 2.24) is 0 Å². The van der Waals surface area contributed by atoms with E-state index in [0.717, 1.165) is 18.2 Å². The first kappa shape index (κ1) is 15.5. The second-order valence-corrected chi connectivity index (χ2v) is 5.70. The van der Waals surface area contributed by atoms with E-state index >= 15 is 0 Å². The Morgan fingerprint density at radius 1 is 1.33 bits per heavy atom. The molecule has 0 saturated carbocycles. The summed E-state index contributed by atoms with van der Waals surface area (Å²) in [5, 5.41) is 9.69. The molecular formula is C16H18F2O3. The Morgan fingerprint density at radius 3 is 2.62 bits per heavy atom. The predicted molar refractivity (Wildman–Crippen MR) is 73.7 cm³/mol. The Kier molecular flexibility index (Phi) is 4.30. The lowest BCUT2D eigenvalue weighted by Crippen LogP contribution is -2.43. The highest BCUT2D eigenvalue weighted by Gasteiger charge is 2.41. The van der Waals surface area contributed by atoms with Gasteiger partial charge in [0.15, 0.2) is 11.6 Å². The van der Waals surface area contributed by atoms with Crippen molar-refractivity contribution >= 4 is 5.97 Å². The molecule has 0 aliphatic carbocycles. The Labute approximate surface area is 122 Å². The number of aliphatic hydroxyl groups is 1. The highest BCUT2D eigenvalue weighted by Crippen LogP contribution is 2.36. The molecule has 1 atom stereocenters. The van der Waals surface area contributed by atoms with Crippen molar-refractivity contribution < 1.29 is 23.4 Å². The molecule has 0 radical (unpaired) electrons. The molecule has 1 aromatic carbocycles. The molecule has 0 amide bonds. The van der Waals surface area contributed by atoms with Crippen LogP contribution >= 0.6 is 0 Å². The number of carbonyl (C=O) groups is 1. The second-order valence-electron chi connectivity index (χ2n) is 5.70. The quantitative estimate of drug-likeness (QED) is 0.862. The Morgan fingerprint density at radius 2 is 2.05 bits per heavy atom. The minimum Gasteiger partial charge on any atom is -0.512 e. The molecule has 114 valence electrons. The Balaban J connectivity index is 2.16. The fraction of sp³-hybridized carbons (Fsp3) is 0.438. The summed E-state index contributed by atoms with van der Waals surface area (Å²) < 4.78 is 31.6. The Bertz CT molecular complexity index is 581. The van der Waals surface area contributed by atoms with Gasteiger partial charge in [0.25, 0.3) is 0 Å². The van der Waals surface area contributed by atoms with E-state index in [2.05, 4.69) is 0 Å². The molecule has 5 heteroatoms. The molecule has 0 bridgehead atoms. The lowest BCUT2D eigenvalue weighted by molar-refractivity contribution is -0.163. The fourth-order valence-electron chi connectivity index (χ4n) is 2.56. The molecule has 0 aromatic heterocycles. The third-order valence-corrected chi connectivity index (χ3v) is 3.94. The number of aliphatic hydroxyl groups excluding tert-OH is 1. The second kappa shape index (κ2) is 5.84. The van der Waals surface area contributed by atoms with Gasteiger partial charge in [-0.3, -0.25) is 0 Å². The zero-order chi connectivity index (χ0) is 15.6. The van der Waals surface area contributed by atoms with E-state index in [-0.39, 0.29) is 18.1 Å². The molecule has 1 aromatic rings. The number of hydrogen-bond donors (Lipinski definition) is 1. The molecule has 0 spiro atoms. The molecular weight excluding hydrogens is 278 g/mol. The molecule has 2 rings (SSSR count). The van der Waals surface area contributed by atoms with Crippen molar-refractivity contribution in [1.29, 1.82) is 0 Å². The maximum absolute atomic E-state index is 13.2. The minimum atomic E-state index is -0.894. The third kappa shape index (κ3) is 3.40. The average molecular weight is 296 g/mol. The standard InChI is InChI=1S/C16H18F2O3/c1-10(2)16(9-12(19)8-15(20)21-16)6-5-11-3-4-13(17)14(18)7-11/h3-4,7-8,10,19H,5-6,9H2,1-2H3. The first-order chi connectivity index (χ1) is 9.82. The minimum absolute atomic E-state index is 0.00904. The predicted octanol–water partition coefficient (Wildman–Crippen LogP) is 3.68. The normalized spacial score (nSPS) is 22.1. The number of aryl methyl sites for hydroxylation is 1. The SMILES string of the molecule is CC(C)C1(CCc2ccc(F)c(F)c2)CC(O)=CC(=O)O1. The molecule has 1 unspecified atom stereocenters. The van der Waals surface area contributed by atoms with Gasteiger partial charge in [-0.15, -0.1) is 0 Å². The number of halogens is 2. The smallest absolute Gasteiger partial charge is 0.334 e. The first-order valence-electron chi connectivity index (χ1n) is 6.89. The van der Waals surface area contributed by atoms with E-state index in [1.54, 1.807) is 0 Å². The number of esters is 1. The number of hydrogen-bond acceptors (Lipinski definition) is 3. The summed E-state index contributed by atoms with van der Waals surface area (Å²) in [6.07, 6.45) is 2.16. The number of cyclic esters (lactones) is 1. The van der Waals surface area contributed by atoms with Crippen LogP contribution in [0.25, 0.3) is 0 Å². The van der Waals surface area contributed by atoms with Gasteiger partial charge in [-0.25, -0.2) is 13.6 Å². The van der Waals surface area contributed by atoms with Crippen LogP contribution < -0.4 is 0 Å². The highest BCUT2D eigenvalue weighted by molar-refractivity contribution is 5.83. The summed E-state index contributed by atoms with van der Waals surface area (Å²) in [5.74, 6) is -2.37. The van der Waals surface area contributed by atoms with Crippen LogP contribution in [0, 0.1) is 17.6 Å². The molecule has 1 aliphatic rings. The van der Waals surface area contributed by atoms with Gasteiger partial charge in [0.1, 0.15) is 11.4 Å². The summed E-state index contributed by atoms with van der Waals surface area (Å²) in [6.45, 7) is 3.80. The van der Waals surface area contributed by atoms with Crippen LogP contribution in [-0.2, 0) is 16.0 Å². The van der Waals surface area contributed by atoms with Gasteiger partial charge >= 0.3 is 5.97 Å². The Hall–Kier alpha value is -1.91. The summed E-state index contributed by atoms with van der Waals surface area (Å²) in [6, 6.07) is 3.73. The van der Waals surface area contributed by atoms with E-state index in [0.29, 0.717) is 18.4 Å². The lowest BCUT2D eigenvalue weighted by atomic mass is 9.80. The number of rotatable bonds is 4. The molecule has 1 N–H and O–H groups in total. The molecule has 1 aliphatic heterocycles. The number of carbonyl (C=O) groups excluding carboxylic acids is 1. The van der Waals surface area contributed by atoms with E-state index < -0.39 is 23.2 Å². The van der Waals surface area contributed by atoms with Crippen molar-refractivity contribution in [3.05, 3.63) is 47.2 Å². The van der Waals surface area contributed by atoms with Gasteiger partial charge in [0.05, 0.1) is 6.08 Å². The van der Waals surface area contributed by atoms with Crippen molar-refractivity contribution in [2.24, 2.45) is 5.92 Å². The highest BCUT2D eigenvalue weighted by atomic mass is 19.2. The largest absolute Gasteiger partial charge is 0.512 e. The van der Waals surface area contributed by atoms with Crippen LogP contribution in [0.2, 0.25) is 0 Å². The van der Waals surface area contributed by atoms with Crippen LogP contribution in [-0.4, -0.2) is 16.7 Å². The molecule has 1 heterocycles. The van der Waals surface area contributed by atoms with Crippen molar-refractivity contribution in [3.63, 3.8) is 0 Å². The zero-order valence-corrected chi connectivity index (χ0v) is 12.0. The number of benzene rings is 1. The summed E-state index contributed by atoms with van der Waals surface area (Å²) in [5.41, 5.74) is -0.195. The van der Waals surface area contributed by atoms with Crippen molar-refractivity contribution in [3.8, 4) is 0 Å². The summed E-state index contributed by atoms with van der Waals surface area (Å²) in [4.78, 5) is 11.5. The first-order valence-corrected chi connectivity index (χ1v) is 6.89. The van der Waals surface area contributed by atoms with Crippen molar-refractivity contribution in [2.75, 3.05) is 0 Å². The molecule has 0 fully saturated rings. The average Bonchev–Trinajstić information content (AvgIpc) is 2.39. The van der Waals surface area contributed by atoms with Gasteiger partial charge in [0.2, 0.25) is 0 Å². The van der Waals surface area contributed by atoms with E-state index in [1.165, 1.54) is 6.07 Å². The lowest BCUT2D eigenvalue weighted by Gasteiger charge is -2.39. The van der Waals surface area contributed by atoms with Gasteiger partial charge in [-0.1, -0.05) is 19.9 Å². The van der Waals surface area contributed by atoms with Crippen LogP contribution in [0.15, 0.2) is 30.0 Å².